The molecule has 1 aliphatic heterocycles. The molecule has 1 heterocycles. The van der Waals surface area contributed by atoms with Gasteiger partial charge in [0.15, 0.2) is 11.5 Å². The first-order chi connectivity index (χ1) is 14.7. The smallest absolute Gasteiger partial charge is 0.368 e. The number of oxime groups is 1. The lowest BCUT2D eigenvalue weighted by Gasteiger charge is -2.13. The van der Waals surface area contributed by atoms with E-state index < -0.39 is 5.97 Å². The van der Waals surface area contributed by atoms with Gasteiger partial charge < -0.3 is 14.3 Å². The fourth-order valence-electron chi connectivity index (χ4n) is 3.12. The molecule has 0 bridgehead atoms. The van der Waals surface area contributed by atoms with E-state index in [0.717, 1.165) is 16.7 Å². The number of carbonyl (C=O) groups is 1. The van der Waals surface area contributed by atoms with E-state index in [2.05, 4.69) is 5.16 Å². The maximum absolute atomic E-state index is 12.2. The first kappa shape index (κ1) is 19.5. The Bertz CT molecular complexity index is 1090. The molecule has 0 saturated carbocycles. The van der Waals surface area contributed by atoms with Gasteiger partial charge in [-0.1, -0.05) is 71.9 Å². The van der Waals surface area contributed by atoms with Crippen LogP contribution < -0.4 is 9.47 Å². The highest BCUT2D eigenvalue weighted by Gasteiger charge is 2.26. The van der Waals surface area contributed by atoms with Crippen LogP contribution in [0.1, 0.15) is 23.6 Å². The molecular formula is C25H21NO4. The van der Waals surface area contributed by atoms with E-state index >= 15 is 0 Å². The van der Waals surface area contributed by atoms with Crippen LogP contribution in [0.3, 0.4) is 0 Å². The molecule has 1 aliphatic rings. The molecule has 150 valence electrons. The molecule has 30 heavy (non-hydrogen) atoms. The summed E-state index contributed by atoms with van der Waals surface area (Å²) in [4.78, 5) is 17.2. The van der Waals surface area contributed by atoms with Gasteiger partial charge in [0.2, 0.25) is 0 Å². The molecule has 0 radical (unpaired) electrons. The average Bonchev–Trinajstić information content (AvgIpc) is 3.15. The quantitative estimate of drug-likeness (QED) is 0.414. The fourth-order valence-corrected chi connectivity index (χ4v) is 3.12. The second kappa shape index (κ2) is 9.09. The molecule has 0 unspecified atom stereocenters. The minimum Gasteiger partial charge on any atom is -0.490 e. The van der Waals surface area contributed by atoms with Crippen molar-refractivity contribution in [1.29, 1.82) is 0 Å². The van der Waals surface area contributed by atoms with E-state index in [4.69, 9.17) is 14.3 Å². The van der Waals surface area contributed by atoms with Crippen LogP contribution in [-0.4, -0.2) is 18.3 Å². The molecule has 0 N–H and O–H groups in total. The number of hydrogen-bond donors (Lipinski definition) is 0. The van der Waals surface area contributed by atoms with Gasteiger partial charge in [0.1, 0.15) is 12.3 Å². The van der Waals surface area contributed by atoms with Crippen LogP contribution in [0.2, 0.25) is 0 Å². The summed E-state index contributed by atoms with van der Waals surface area (Å²) in [6.07, 6.45) is 1.75. The molecule has 0 saturated heterocycles. The van der Waals surface area contributed by atoms with E-state index in [1.54, 1.807) is 6.08 Å². The Labute approximate surface area is 175 Å². The number of nitrogens with zero attached hydrogens (tertiary/aromatic N) is 1. The third-order valence-corrected chi connectivity index (χ3v) is 4.56. The summed E-state index contributed by atoms with van der Waals surface area (Å²) in [7, 11) is 0. The summed E-state index contributed by atoms with van der Waals surface area (Å²) >= 11 is 0. The van der Waals surface area contributed by atoms with Crippen molar-refractivity contribution in [2.24, 2.45) is 5.16 Å². The summed E-state index contributed by atoms with van der Waals surface area (Å²) in [5, 5.41) is 3.95. The highest BCUT2D eigenvalue weighted by Crippen LogP contribution is 2.31. The van der Waals surface area contributed by atoms with Crippen molar-refractivity contribution < 1.29 is 19.1 Å². The lowest BCUT2D eigenvalue weighted by Crippen LogP contribution is -2.06. The standard InChI is InChI=1S/C25H21NO4/c1-2-28-23-16-19(13-14-22(23)29-17-18-9-5-3-6-10-18)15-21-24(26-30-25(21)27)20-11-7-4-8-12-20/h3-16H,2,17H2,1H3/b21-15+. The van der Waals surface area contributed by atoms with Crippen molar-refractivity contribution in [1.82, 2.24) is 0 Å². The lowest BCUT2D eigenvalue weighted by atomic mass is 10.0. The normalized spacial score (nSPS) is 14.4. The average molecular weight is 399 g/mol. The highest BCUT2D eigenvalue weighted by atomic mass is 16.7. The first-order valence-corrected chi connectivity index (χ1v) is 9.75. The van der Waals surface area contributed by atoms with Crippen LogP contribution in [0.15, 0.2) is 89.6 Å². The zero-order chi connectivity index (χ0) is 20.8. The minimum absolute atomic E-state index is 0.404. The molecular weight excluding hydrogens is 378 g/mol. The van der Waals surface area contributed by atoms with Crippen LogP contribution in [0.4, 0.5) is 0 Å². The Morgan fingerprint density at radius 1 is 0.900 bits per heavy atom. The predicted molar refractivity (Wildman–Crippen MR) is 115 cm³/mol. The van der Waals surface area contributed by atoms with E-state index in [9.17, 15) is 4.79 Å². The summed E-state index contributed by atoms with van der Waals surface area (Å²) in [6, 6.07) is 25.0. The Balaban J connectivity index is 1.60. The van der Waals surface area contributed by atoms with Gasteiger partial charge in [-0.2, -0.15) is 0 Å². The van der Waals surface area contributed by atoms with Gasteiger partial charge in [0, 0.05) is 5.56 Å². The van der Waals surface area contributed by atoms with Gasteiger partial charge in [0.05, 0.1) is 12.2 Å². The highest BCUT2D eigenvalue weighted by molar-refractivity contribution is 6.31. The van der Waals surface area contributed by atoms with E-state index in [1.165, 1.54) is 0 Å². The second-order valence-corrected chi connectivity index (χ2v) is 6.66. The van der Waals surface area contributed by atoms with Crippen LogP contribution in [0.5, 0.6) is 11.5 Å². The molecule has 4 rings (SSSR count). The van der Waals surface area contributed by atoms with Crippen LogP contribution in [0, 0.1) is 0 Å². The largest absolute Gasteiger partial charge is 0.490 e. The lowest BCUT2D eigenvalue weighted by molar-refractivity contribution is -0.136. The van der Waals surface area contributed by atoms with Crippen molar-refractivity contribution in [3.63, 3.8) is 0 Å². The zero-order valence-electron chi connectivity index (χ0n) is 16.6. The molecule has 0 atom stereocenters. The minimum atomic E-state index is -0.476. The van der Waals surface area contributed by atoms with Crippen LogP contribution in [-0.2, 0) is 16.2 Å². The number of carbonyl (C=O) groups excluding carboxylic acids is 1. The Morgan fingerprint density at radius 2 is 1.63 bits per heavy atom. The summed E-state index contributed by atoms with van der Waals surface area (Å²) in [5.74, 6) is 0.789. The first-order valence-electron chi connectivity index (χ1n) is 9.75. The summed E-state index contributed by atoms with van der Waals surface area (Å²) in [5.41, 5.74) is 3.61. The molecule has 0 aliphatic carbocycles. The number of hydrogen-bond acceptors (Lipinski definition) is 5. The summed E-state index contributed by atoms with van der Waals surface area (Å²) in [6.45, 7) is 2.86. The molecule has 0 aromatic heterocycles. The maximum Gasteiger partial charge on any atom is 0.368 e. The second-order valence-electron chi connectivity index (χ2n) is 6.66. The van der Waals surface area contributed by atoms with Gasteiger partial charge in [-0.3, -0.25) is 0 Å². The third-order valence-electron chi connectivity index (χ3n) is 4.56. The molecule has 3 aromatic rings. The molecule has 5 heteroatoms. The topological polar surface area (TPSA) is 57.1 Å². The third kappa shape index (κ3) is 4.41. The summed E-state index contributed by atoms with van der Waals surface area (Å²) < 4.78 is 11.7. The van der Waals surface area contributed by atoms with E-state index in [1.807, 2.05) is 85.8 Å². The molecule has 5 nitrogen and oxygen atoms in total. The van der Waals surface area contributed by atoms with Gasteiger partial charge in [-0.25, -0.2) is 4.79 Å². The monoisotopic (exact) mass is 399 g/mol. The Hall–Kier alpha value is -3.86. The van der Waals surface area contributed by atoms with E-state index in [-0.39, 0.29) is 0 Å². The Morgan fingerprint density at radius 3 is 2.37 bits per heavy atom. The SMILES string of the molecule is CCOc1cc(/C=C2/C(=O)ON=C2c2ccccc2)ccc1OCc1ccccc1. The number of rotatable bonds is 7. The van der Waals surface area contributed by atoms with Crippen molar-refractivity contribution in [2.45, 2.75) is 13.5 Å². The number of ether oxygens (including phenoxy) is 2. The van der Waals surface area contributed by atoms with Gasteiger partial charge in [0.25, 0.3) is 0 Å². The van der Waals surface area contributed by atoms with Crippen molar-refractivity contribution in [2.75, 3.05) is 6.61 Å². The van der Waals surface area contributed by atoms with Crippen LogP contribution >= 0.6 is 0 Å². The van der Waals surface area contributed by atoms with Gasteiger partial charge in [-0.15, -0.1) is 0 Å². The maximum atomic E-state index is 12.2. The van der Waals surface area contributed by atoms with Crippen LogP contribution in [0.25, 0.3) is 6.08 Å². The van der Waals surface area contributed by atoms with Crippen molar-refractivity contribution >= 4 is 17.8 Å². The van der Waals surface area contributed by atoms with Gasteiger partial charge in [-0.05, 0) is 36.3 Å². The van der Waals surface area contributed by atoms with Crippen molar-refractivity contribution in [3.8, 4) is 11.5 Å². The zero-order valence-corrected chi connectivity index (χ0v) is 16.6. The Kier molecular flexibility index (Phi) is 5.90. The molecule has 0 fully saturated rings. The number of benzene rings is 3. The fraction of sp³-hybridized carbons (Fsp3) is 0.120. The van der Waals surface area contributed by atoms with Crippen molar-refractivity contribution in [3.05, 3.63) is 101 Å². The molecule has 0 amide bonds. The molecule has 0 spiro atoms. The predicted octanol–water partition coefficient (Wildman–Crippen LogP) is 5.01. The van der Waals surface area contributed by atoms with Gasteiger partial charge >= 0.3 is 5.97 Å². The van der Waals surface area contributed by atoms with E-state index in [0.29, 0.717) is 36.0 Å². The molecule has 3 aromatic carbocycles.